The van der Waals surface area contributed by atoms with Gasteiger partial charge in [-0.05, 0) is 61.8 Å². The van der Waals surface area contributed by atoms with Crippen LogP contribution in [0.2, 0.25) is 0 Å². The van der Waals surface area contributed by atoms with Gasteiger partial charge in [0.2, 0.25) is 5.88 Å². The van der Waals surface area contributed by atoms with E-state index in [0.29, 0.717) is 22.6 Å². The highest BCUT2D eigenvalue weighted by molar-refractivity contribution is 7.64. The molecule has 1 aromatic carbocycles. The van der Waals surface area contributed by atoms with Crippen LogP contribution in [0.15, 0.2) is 36.5 Å². The largest absolute Gasteiger partial charge is 0.493 e. The fourth-order valence-corrected chi connectivity index (χ4v) is 3.90. The van der Waals surface area contributed by atoms with Crippen LogP contribution < -0.4 is 5.30 Å². The van der Waals surface area contributed by atoms with Crippen molar-refractivity contribution >= 4 is 13.2 Å². The number of nitrogens with zero attached hydrogens (tertiary/aromatic N) is 4. The number of rotatable bonds is 3. The van der Waals surface area contributed by atoms with E-state index in [1.54, 1.807) is 12.1 Å². The molecule has 0 fully saturated rings. The van der Waals surface area contributed by atoms with Crippen LogP contribution >= 0.6 is 7.92 Å². The molecule has 0 aliphatic carbocycles. The highest BCUT2D eigenvalue weighted by Gasteiger charge is 2.18. The Balaban J connectivity index is 2.08. The molecule has 6 heteroatoms. The van der Waals surface area contributed by atoms with Gasteiger partial charge < -0.3 is 5.11 Å². The molecule has 0 saturated carbocycles. The summed E-state index contributed by atoms with van der Waals surface area (Å²) in [5.41, 5.74) is 3.91. The van der Waals surface area contributed by atoms with Gasteiger partial charge in [0.25, 0.3) is 0 Å². The molecule has 0 spiro atoms. The van der Waals surface area contributed by atoms with Crippen LogP contribution in [0.1, 0.15) is 16.8 Å². The Kier molecular flexibility index (Phi) is 4.57. The summed E-state index contributed by atoms with van der Waals surface area (Å²) in [6, 6.07) is 11.1. The molecule has 2 aromatic heterocycles. The third kappa shape index (κ3) is 3.14. The molecule has 25 heavy (non-hydrogen) atoms. The molecule has 0 unspecified atom stereocenters. The van der Waals surface area contributed by atoms with E-state index in [1.165, 1.54) is 9.99 Å². The number of aryl methyl sites for hydroxylation is 2. The van der Waals surface area contributed by atoms with Crippen molar-refractivity contribution in [3.63, 3.8) is 0 Å². The van der Waals surface area contributed by atoms with Crippen LogP contribution in [0, 0.1) is 25.2 Å². The van der Waals surface area contributed by atoms with Crippen molar-refractivity contribution in [3.05, 3.63) is 53.3 Å². The first kappa shape index (κ1) is 17.1. The molecule has 0 saturated heterocycles. The van der Waals surface area contributed by atoms with Gasteiger partial charge in [0, 0.05) is 6.20 Å². The fourth-order valence-electron chi connectivity index (χ4n) is 2.84. The van der Waals surface area contributed by atoms with Crippen molar-refractivity contribution in [2.75, 3.05) is 13.3 Å². The van der Waals surface area contributed by atoms with Gasteiger partial charge in [-0.25, -0.2) is 4.98 Å². The maximum Gasteiger partial charge on any atom is 0.223 e. The molecule has 0 radical (unpaired) electrons. The predicted octanol–water partition coefficient (Wildman–Crippen LogP) is 3.50. The number of nitriles is 1. The van der Waals surface area contributed by atoms with Crippen molar-refractivity contribution in [1.29, 1.82) is 5.26 Å². The molecule has 126 valence electrons. The van der Waals surface area contributed by atoms with E-state index in [9.17, 15) is 5.11 Å². The topological polar surface area (TPSA) is 74.7 Å². The summed E-state index contributed by atoms with van der Waals surface area (Å²) in [5, 5.41) is 25.3. The standard InChI is InChI=1S/C19H19N4OP/c1-12-9-17(21-11-16(12)25(3)4)23-19(24)18(13(2)22-23)15-7-5-14(10-20)6-8-15/h5-9,11,24H,1-4H3. The predicted molar refractivity (Wildman–Crippen MR) is 101 cm³/mol. The van der Waals surface area contributed by atoms with Gasteiger partial charge in [0.05, 0.1) is 22.9 Å². The van der Waals surface area contributed by atoms with Gasteiger partial charge in [-0.3, -0.25) is 0 Å². The third-order valence-electron chi connectivity index (χ3n) is 4.11. The van der Waals surface area contributed by atoms with Gasteiger partial charge in [-0.15, -0.1) is 0 Å². The Labute approximate surface area is 148 Å². The minimum absolute atomic E-state index is 0.0529. The molecule has 0 atom stereocenters. The molecule has 0 aliphatic rings. The lowest BCUT2D eigenvalue weighted by molar-refractivity contribution is 0.433. The highest BCUT2D eigenvalue weighted by Crippen LogP contribution is 2.34. The minimum atomic E-state index is -0.228. The first-order valence-electron chi connectivity index (χ1n) is 7.86. The van der Waals surface area contributed by atoms with Crippen molar-refractivity contribution < 1.29 is 5.11 Å². The number of hydrogen-bond donors (Lipinski definition) is 1. The zero-order valence-corrected chi connectivity index (χ0v) is 15.5. The van der Waals surface area contributed by atoms with Crippen LogP contribution in [0.5, 0.6) is 5.88 Å². The average molecular weight is 350 g/mol. The second kappa shape index (κ2) is 6.66. The molecule has 0 amide bonds. The summed E-state index contributed by atoms with van der Waals surface area (Å²) in [6.07, 6.45) is 1.87. The van der Waals surface area contributed by atoms with Crippen LogP contribution in [0.25, 0.3) is 16.9 Å². The summed E-state index contributed by atoms with van der Waals surface area (Å²) in [6.45, 7) is 8.29. The quantitative estimate of drug-likeness (QED) is 0.734. The van der Waals surface area contributed by atoms with E-state index >= 15 is 0 Å². The minimum Gasteiger partial charge on any atom is -0.493 e. The highest BCUT2D eigenvalue weighted by atomic mass is 31.1. The smallest absolute Gasteiger partial charge is 0.223 e. The van der Waals surface area contributed by atoms with Gasteiger partial charge in [0.15, 0.2) is 5.82 Å². The Morgan fingerprint density at radius 3 is 2.40 bits per heavy atom. The Morgan fingerprint density at radius 2 is 1.84 bits per heavy atom. The molecule has 2 heterocycles. The van der Waals surface area contributed by atoms with Gasteiger partial charge >= 0.3 is 0 Å². The van der Waals surface area contributed by atoms with E-state index in [0.717, 1.165) is 11.1 Å². The van der Waals surface area contributed by atoms with Crippen LogP contribution in [-0.4, -0.2) is 33.2 Å². The van der Waals surface area contributed by atoms with E-state index < -0.39 is 0 Å². The third-order valence-corrected chi connectivity index (χ3v) is 5.54. The molecule has 1 N–H and O–H groups in total. The first-order valence-corrected chi connectivity index (χ1v) is 10.1. The maximum absolute atomic E-state index is 10.7. The lowest BCUT2D eigenvalue weighted by atomic mass is 10.0. The summed E-state index contributed by atoms with van der Waals surface area (Å²) in [5.74, 6) is 0.649. The lowest BCUT2D eigenvalue weighted by Gasteiger charge is -2.11. The number of hydrogen-bond acceptors (Lipinski definition) is 4. The number of aromatic nitrogens is 3. The summed E-state index contributed by atoms with van der Waals surface area (Å²) < 4.78 is 1.47. The van der Waals surface area contributed by atoms with E-state index in [2.05, 4.69) is 36.4 Å². The SMILES string of the molecule is Cc1cc(-n2nc(C)c(-c3ccc(C#N)cc3)c2O)ncc1P(C)C. The van der Waals surface area contributed by atoms with E-state index in [-0.39, 0.29) is 13.8 Å². The second-order valence-corrected chi connectivity index (χ2v) is 8.38. The number of benzene rings is 1. The molecule has 3 aromatic rings. The number of pyridine rings is 1. The Bertz CT molecular complexity index is 968. The summed E-state index contributed by atoms with van der Waals surface area (Å²) in [7, 11) is -0.228. The number of aromatic hydroxyl groups is 1. The fraction of sp³-hybridized carbons (Fsp3) is 0.211. The van der Waals surface area contributed by atoms with Crippen LogP contribution in [-0.2, 0) is 0 Å². The first-order chi connectivity index (χ1) is 11.9. The van der Waals surface area contributed by atoms with Gasteiger partial charge in [-0.1, -0.05) is 20.1 Å². The molecule has 0 bridgehead atoms. The van der Waals surface area contributed by atoms with Crippen molar-refractivity contribution in [3.8, 4) is 28.9 Å². The lowest BCUT2D eigenvalue weighted by Crippen LogP contribution is -2.09. The molecule has 5 nitrogen and oxygen atoms in total. The second-order valence-electron chi connectivity index (χ2n) is 6.11. The Hall–Kier alpha value is -2.70. The maximum atomic E-state index is 10.7. The summed E-state index contributed by atoms with van der Waals surface area (Å²) in [4.78, 5) is 4.48. The normalized spacial score (nSPS) is 10.9. The van der Waals surface area contributed by atoms with Crippen LogP contribution in [0.3, 0.4) is 0 Å². The van der Waals surface area contributed by atoms with E-state index in [4.69, 9.17) is 5.26 Å². The molecule has 0 aliphatic heterocycles. The molecular formula is C19H19N4OP. The zero-order valence-electron chi connectivity index (χ0n) is 14.6. The van der Waals surface area contributed by atoms with Gasteiger partial charge in [-0.2, -0.15) is 15.0 Å². The summed E-state index contributed by atoms with van der Waals surface area (Å²) >= 11 is 0. The van der Waals surface area contributed by atoms with Crippen LogP contribution in [0.4, 0.5) is 0 Å². The van der Waals surface area contributed by atoms with E-state index in [1.807, 2.05) is 31.3 Å². The average Bonchev–Trinajstić information content (AvgIpc) is 2.89. The van der Waals surface area contributed by atoms with Crippen molar-refractivity contribution in [2.45, 2.75) is 13.8 Å². The molecular weight excluding hydrogens is 331 g/mol. The van der Waals surface area contributed by atoms with Gasteiger partial charge in [0.1, 0.15) is 0 Å². The van der Waals surface area contributed by atoms with Crippen molar-refractivity contribution in [1.82, 2.24) is 14.8 Å². The Morgan fingerprint density at radius 1 is 1.16 bits per heavy atom. The zero-order chi connectivity index (χ0) is 18.1. The monoisotopic (exact) mass is 350 g/mol. The van der Waals surface area contributed by atoms with Crippen molar-refractivity contribution in [2.24, 2.45) is 0 Å². The molecule has 3 rings (SSSR count).